The van der Waals surface area contributed by atoms with E-state index in [0.29, 0.717) is 5.02 Å². The first-order chi connectivity index (χ1) is 11.6. The molecule has 0 saturated carbocycles. The summed E-state index contributed by atoms with van der Waals surface area (Å²) in [6.07, 6.45) is 0. The van der Waals surface area contributed by atoms with Gasteiger partial charge in [-0.05, 0) is 45.9 Å². The molecule has 0 radical (unpaired) electrons. The van der Waals surface area contributed by atoms with Crippen LogP contribution in [0.5, 0.6) is 0 Å². The number of ether oxygens (including phenoxy) is 1. The number of hydrogen-bond donors (Lipinski definition) is 1. The topological polar surface area (TPSA) is 75.7 Å². The highest BCUT2D eigenvalue weighted by Gasteiger charge is 2.21. The molecule has 8 heteroatoms. The van der Waals surface area contributed by atoms with Gasteiger partial charge in [0.25, 0.3) is 11.8 Å². The van der Waals surface area contributed by atoms with Crippen molar-refractivity contribution < 1.29 is 19.1 Å². The van der Waals surface area contributed by atoms with Gasteiger partial charge in [-0.25, -0.2) is 0 Å². The number of hydrogen-bond acceptors (Lipinski definition) is 4. The molecule has 1 rings (SSSR count). The van der Waals surface area contributed by atoms with E-state index in [-0.39, 0.29) is 41.7 Å². The Morgan fingerprint density at radius 1 is 1.12 bits per heavy atom. The Morgan fingerprint density at radius 3 is 2.24 bits per heavy atom. The van der Waals surface area contributed by atoms with E-state index in [1.807, 2.05) is 27.7 Å². The van der Waals surface area contributed by atoms with Gasteiger partial charge < -0.3 is 15.0 Å². The second kappa shape index (κ2) is 9.63. The molecular weight excluding hydrogens is 367 g/mol. The molecule has 0 bridgehead atoms. The quantitative estimate of drug-likeness (QED) is 0.728. The third-order valence-electron chi connectivity index (χ3n) is 3.33. The molecule has 25 heavy (non-hydrogen) atoms. The van der Waals surface area contributed by atoms with Crippen LogP contribution in [0, 0.1) is 0 Å². The van der Waals surface area contributed by atoms with E-state index < -0.39 is 11.9 Å². The van der Waals surface area contributed by atoms with Crippen LogP contribution in [-0.4, -0.2) is 47.9 Å². The molecule has 0 aliphatic carbocycles. The number of halogens is 2. The third kappa shape index (κ3) is 6.55. The van der Waals surface area contributed by atoms with Crippen molar-refractivity contribution in [2.75, 3.05) is 13.2 Å². The van der Waals surface area contributed by atoms with Crippen LogP contribution in [0.15, 0.2) is 18.2 Å². The van der Waals surface area contributed by atoms with Crippen molar-refractivity contribution in [3.05, 3.63) is 33.8 Å². The second-order valence-corrected chi connectivity index (χ2v) is 6.80. The van der Waals surface area contributed by atoms with Crippen molar-refractivity contribution in [1.82, 2.24) is 10.2 Å². The van der Waals surface area contributed by atoms with Crippen molar-refractivity contribution in [3.8, 4) is 0 Å². The number of nitrogens with one attached hydrogen (secondary N) is 1. The Bertz CT molecular complexity index is 640. The molecule has 1 aromatic carbocycles. The highest BCUT2D eigenvalue weighted by molar-refractivity contribution is 6.36. The van der Waals surface area contributed by atoms with Crippen LogP contribution in [0.1, 0.15) is 38.1 Å². The summed E-state index contributed by atoms with van der Waals surface area (Å²) in [5.74, 6) is -1.53. The summed E-state index contributed by atoms with van der Waals surface area (Å²) in [6, 6.07) is 4.40. The summed E-state index contributed by atoms with van der Waals surface area (Å²) < 4.78 is 4.92. The SMILES string of the molecule is CC(C)N(C(=O)COC(=O)CNC(=O)c1ccc(Cl)cc1Cl)C(C)C. The number of benzene rings is 1. The highest BCUT2D eigenvalue weighted by atomic mass is 35.5. The molecule has 0 aliphatic rings. The van der Waals surface area contributed by atoms with Gasteiger partial charge in [0.15, 0.2) is 6.61 Å². The second-order valence-electron chi connectivity index (χ2n) is 5.96. The zero-order valence-electron chi connectivity index (χ0n) is 14.6. The van der Waals surface area contributed by atoms with E-state index in [1.54, 1.807) is 4.90 Å². The third-order valence-corrected chi connectivity index (χ3v) is 3.87. The monoisotopic (exact) mass is 388 g/mol. The molecule has 0 spiro atoms. The van der Waals surface area contributed by atoms with Gasteiger partial charge in [0.05, 0.1) is 10.6 Å². The van der Waals surface area contributed by atoms with E-state index in [9.17, 15) is 14.4 Å². The number of esters is 1. The lowest BCUT2D eigenvalue weighted by atomic mass is 10.2. The Balaban J connectivity index is 2.49. The standard InChI is InChI=1S/C17H22Cl2N2O4/c1-10(2)21(11(3)4)15(22)9-25-16(23)8-20-17(24)13-6-5-12(18)7-14(13)19/h5-7,10-11H,8-9H2,1-4H3,(H,20,24). The Labute approximate surface area is 157 Å². The number of amides is 2. The zero-order valence-corrected chi connectivity index (χ0v) is 16.1. The minimum absolute atomic E-state index is 0.00190. The molecule has 0 saturated heterocycles. The predicted octanol–water partition coefficient (Wildman–Crippen LogP) is 2.91. The van der Waals surface area contributed by atoms with Crippen molar-refractivity contribution in [2.24, 2.45) is 0 Å². The molecule has 6 nitrogen and oxygen atoms in total. The normalized spacial score (nSPS) is 10.7. The fourth-order valence-electron chi connectivity index (χ4n) is 2.36. The fourth-order valence-corrected chi connectivity index (χ4v) is 2.86. The molecule has 0 fully saturated rings. The van der Waals surface area contributed by atoms with E-state index in [2.05, 4.69) is 5.32 Å². The molecular formula is C17H22Cl2N2O4. The average Bonchev–Trinajstić information content (AvgIpc) is 2.49. The van der Waals surface area contributed by atoms with Crippen molar-refractivity contribution in [2.45, 2.75) is 39.8 Å². The first kappa shape index (κ1) is 21.3. The summed E-state index contributed by atoms with van der Waals surface area (Å²) in [6.45, 7) is 6.80. The van der Waals surface area contributed by atoms with Gasteiger partial charge in [0, 0.05) is 17.1 Å². The van der Waals surface area contributed by atoms with Crippen LogP contribution >= 0.6 is 23.2 Å². The van der Waals surface area contributed by atoms with Gasteiger partial charge >= 0.3 is 5.97 Å². The fraction of sp³-hybridized carbons (Fsp3) is 0.471. The minimum Gasteiger partial charge on any atom is -0.454 e. The van der Waals surface area contributed by atoms with E-state index >= 15 is 0 Å². The zero-order chi connectivity index (χ0) is 19.1. The molecule has 1 aromatic rings. The molecule has 0 aliphatic heterocycles. The van der Waals surface area contributed by atoms with Gasteiger partial charge in [0.1, 0.15) is 6.54 Å². The number of carbonyl (C=O) groups excluding carboxylic acids is 3. The lowest BCUT2D eigenvalue weighted by Gasteiger charge is -2.30. The van der Waals surface area contributed by atoms with Crippen molar-refractivity contribution in [3.63, 3.8) is 0 Å². The van der Waals surface area contributed by atoms with Crippen LogP contribution in [-0.2, 0) is 14.3 Å². The first-order valence-electron chi connectivity index (χ1n) is 7.83. The largest absolute Gasteiger partial charge is 0.454 e. The predicted molar refractivity (Wildman–Crippen MR) is 96.9 cm³/mol. The van der Waals surface area contributed by atoms with E-state index in [1.165, 1.54) is 18.2 Å². The maximum absolute atomic E-state index is 12.1. The maximum Gasteiger partial charge on any atom is 0.325 e. The first-order valence-corrected chi connectivity index (χ1v) is 8.59. The molecule has 2 amide bonds. The van der Waals surface area contributed by atoms with Gasteiger partial charge in [-0.3, -0.25) is 14.4 Å². The van der Waals surface area contributed by atoms with Gasteiger partial charge in [-0.2, -0.15) is 0 Å². The van der Waals surface area contributed by atoms with Crippen LogP contribution in [0.25, 0.3) is 0 Å². The Morgan fingerprint density at radius 2 is 1.72 bits per heavy atom. The molecule has 1 N–H and O–H groups in total. The molecule has 138 valence electrons. The maximum atomic E-state index is 12.1. The number of carbonyl (C=O) groups is 3. The lowest BCUT2D eigenvalue weighted by molar-refractivity contribution is -0.152. The van der Waals surface area contributed by atoms with Crippen LogP contribution in [0.2, 0.25) is 10.0 Å². The van der Waals surface area contributed by atoms with E-state index in [4.69, 9.17) is 27.9 Å². The summed E-state index contributed by atoms with van der Waals surface area (Å²) in [7, 11) is 0. The average molecular weight is 389 g/mol. The summed E-state index contributed by atoms with van der Waals surface area (Å²) in [5, 5.41) is 2.97. The summed E-state index contributed by atoms with van der Waals surface area (Å²) in [4.78, 5) is 37.4. The van der Waals surface area contributed by atoms with Gasteiger partial charge in [0.2, 0.25) is 0 Å². The number of nitrogens with zero attached hydrogens (tertiary/aromatic N) is 1. The van der Waals surface area contributed by atoms with E-state index in [0.717, 1.165) is 0 Å². The molecule has 0 atom stereocenters. The van der Waals surface area contributed by atoms with Crippen LogP contribution < -0.4 is 5.32 Å². The molecule has 0 aromatic heterocycles. The lowest BCUT2D eigenvalue weighted by Crippen LogP contribution is -2.44. The smallest absolute Gasteiger partial charge is 0.325 e. The molecule has 0 heterocycles. The summed E-state index contributed by atoms with van der Waals surface area (Å²) >= 11 is 11.7. The molecule has 0 unspecified atom stereocenters. The summed E-state index contributed by atoms with van der Waals surface area (Å²) in [5.41, 5.74) is 0.195. The van der Waals surface area contributed by atoms with Crippen LogP contribution in [0.4, 0.5) is 0 Å². The van der Waals surface area contributed by atoms with Gasteiger partial charge in [-0.15, -0.1) is 0 Å². The Kier molecular flexibility index (Phi) is 8.19. The highest BCUT2D eigenvalue weighted by Crippen LogP contribution is 2.20. The van der Waals surface area contributed by atoms with Crippen molar-refractivity contribution in [1.29, 1.82) is 0 Å². The number of rotatable bonds is 7. The minimum atomic E-state index is -0.709. The van der Waals surface area contributed by atoms with Crippen molar-refractivity contribution >= 4 is 41.0 Å². The van der Waals surface area contributed by atoms with Gasteiger partial charge in [-0.1, -0.05) is 23.2 Å². The van der Waals surface area contributed by atoms with Crippen LogP contribution in [0.3, 0.4) is 0 Å². The Hall–Kier alpha value is -1.79.